The third kappa shape index (κ3) is 5.76. The molecular weight excluding hydrogens is 661 g/mol. The van der Waals surface area contributed by atoms with Gasteiger partial charge in [-0.3, -0.25) is 19.9 Å². The Hall–Kier alpha value is -7.31. The van der Waals surface area contributed by atoms with Gasteiger partial charge < -0.3 is 5.32 Å². The molecule has 0 spiro atoms. The third-order valence-electron chi connectivity index (χ3n) is 10.0. The predicted octanol–water partition coefficient (Wildman–Crippen LogP) is 11.8. The van der Waals surface area contributed by atoms with Crippen molar-refractivity contribution in [2.45, 2.75) is 6.04 Å². The van der Waals surface area contributed by atoms with Crippen LogP contribution < -0.4 is 0 Å². The van der Waals surface area contributed by atoms with Crippen molar-refractivity contribution in [2.24, 2.45) is 0 Å². The Labute approximate surface area is 312 Å². The van der Waals surface area contributed by atoms with Crippen LogP contribution in [0, 0.1) is 0 Å². The van der Waals surface area contributed by atoms with E-state index in [1.807, 2.05) is 79.1 Å². The van der Waals surface area contributed by atoms with Crippen LogP contribution in [-0.4, -0.2) is 24.9 Å². The van der Waals surface area contributed by atoms with E-state index in [1.54, 1.807) is 12.4 Å². The monoisotopic (exact) mass is 691 g/mol. The van der Waals surface area contributed by atoms with Crippen LogP contribution >= 0.6 is 0 Å². The normalized spacial score (nSPS) is 13.9. The van der Waals surface area contributed by atoms with Crippen LogP contribution in [0.25, 0.3) is 88.5 Å². The standard InChI is InChI=1S/C48H31N6/c1-2-10-36-35(9-1)37-21-17-31(43-13-7-15-47(53-43)45-23-19-33(29-51-45)41-11-3-5-25-49-41)27-39(37)40-28-32(18-22-38(36)40)44-14-8-16-48(54-44)46-24-20-34(30-52-46)42-12-4-6-26-50-42/h1-30,43H/q-1. The van der Waals surface area contributed by atoms with Gasteiger partial charge in [-0.05, 0) is 99.0 Å². The van der Waals surface area contributed by atoms with E-state index in [0.717, 1.165) is 62.1 Å². The van der Waals surface area contributed by atoms with Crippen LogP contribution in [0.2, 0.25) is 0 Å². The molecule has 1 aliphatic heterocycles. The topological polar surface area (TPSA) is 78.5 Å². The molecule has 0 bridgehead atoms. The zero-order valence-corrected chi connectivity index (χ0v) is 29.1. The summed E-state index contributed by atoms with van der Waals surface area (Å²) in [5, 5.41) is 12.4. The SMILES string of the molecule is C1=CC(c2ccc3c4ccccc4c4ccc(-c5cccc(-c6ccc(-c7ccccn7)cn6)n5)cc4c3c2)[N-]C(c2ccc(-c3ccccn3)cn2)=C1. The molecular formula is C48H31N6-. The summed E-state index contributed by atoms with van der Waals surface area (Å²) in [6, 6.07) is 48.0. The summed E-state index contributed by atoms with van der Waals surface area (Å²) in [6.45, 7) is 0. The Balaban J connectivity index is 1.01. The van der Waals surface area contributed by atoms with Crippen LogP contribution in [0.15, 0.2) is 183 Å². The minimum Gasteiger partial charge on any atom is -0.673 e. The fraction of sp³-hybridized carbons (Fsp3) is 0.0208. The molecule has 0 amide bonds. The fourth-order valence-electron chi connectivity index (χ4n) is 7.34. The molecule has 0 saturated carbocycles. The maximum atomic E-state index is 5.18. The molecule has 10 rings (SSSR count). The number of fused-ring (bicyclic) bond motifs is 6. The van der Waals surface area contributed by atoms with Gasteiger partial charge in [0.1, 0.15) is 0 Å². The van der Waals surface area contributed by atoms with Crippen molar-refractivity contribution in [3.63, 3.8) is 0 Å². The first-order chi connectivity index (χ1) is 26.7. The van der Waals surface area contributed by atoms with E-state index >= 15 is 0 Å². The second kappa shape index (κ2) is 13.3. The van der Waals surface area contributed by atoms with E-state index in [2.05, 4.69) is 101 Å². The largest absolute Gasteiger partial charge is 0.673 e. The number of aromatic nitrogens is 5. The van der Waals surface area contributed by atoms with E-state index in [0.29, 0.717) is 0 Å². The van der Waals surface area contributed by atoms with Crippen molar-refractivity contribution in [2.75, 3.05) is 0 Å². The summed E-state index contributed by atoms with van der Waals surface area (Å²) in [6.07, 6.45) is 13.6. The maximum absolute atomic E-state index is 5.18. The van der Waals surface area contributed by atoms with Gasteiger partial charge in [0.05, 0.1) is 28.5 Å². The summed E-state index contributed by atoms with van der Waals surface area (Å²) in [4.78, 5) is 23.5. The van der Waals surface area contributed by atoms with E-state index in [1.165, 1.54) is 32.3 Å². The Morgan fingerprint density at radius 2 is 1.00 bits per heavy atom. The summed E-state index contributed by atoms with van der Waals surface area (Å²) in [5.41, 5.74) is 10.1. The molecule has 6 heteroatoms. The Morgan fingerprint density at radius 3 is 1.67 bits per heavy atom. The first-order valence-corrected chi connectivity index (χ1v) is 18.0. The van der Waals surface area contributed by atoms with Gasteiger partial charge in [0.25, 0.3) is 0 Å². The first-order valence-electron chi connectivity index (χ1n) is 18.0. The average Bonchev–Trinajstić information content (AvgIpc) is 3.27. The second-order valence-electron chi connectivity index (χ2n) is 13.3. The number of rotatable bonds is 6. The lowest BCUT2D eigenvalue weighted by Crippen LogP contribution is -2.00. The van der Waals surface area contributed by atoms with Crippen LogP contribution in [-0.2, 0) is 0 Å². The number of pyridine rings is 5. The molecule has 0 N–H and O–H groups in total. The van der Waals surface area contributed by atoms with Crippen LogP contribution in [0.1, 0.15) is 17.3 Å². The minimum absolute atomic E-state index is 0.147. The molecule has 6 heterocycles. The van der Waals surface area contributed by atoms with Gasteiger partial charge in [0.15, 0.2) is 0 Å². The summed E-state index contributed by atoms with van der Waals surface area (Å²) >= 11 is 0. The number of hydrogen-bond donors (Lipinski definition) is 0. The highest BCUT2D eigenvalue weighted by molar-refractivity contribution is 6.25. The molecule has 1 aliphatic rings. The van der Waals surface area contributed by atoms with E-state index in [-0.39, 0.29) is 6.04 Å². The highest BCUT2D eigenvalue weighted by atomic mass is 15.0. The van der Waals surface area contributed by atoms with E-state index in [4.69, 9.17) is 20.3 Å². The van der Waals surface area contributed by atoms with Gasteiger partial charge in [-0.1, -0.05) is 103 Å². The van der Waals surface area contributed by atoms with Crippen molar-refractivity contribution in [3.8, 4) is 45.2 Å². The molecule has 5 aromatic heterocycles. The predicted molar refractivity (Wildman–Crippen MR) is 219 cm³/mol. The van der Waals surface area contributed by atoms with Gasteiger partial charge in [-0.15, -0.1) is 5.70 Å². The maximum Gasteiger partial charge on any atom is 0.0893 e. The number of benzene rings is 4. The first kappa shape index (κ1) is 31.4. The Morgan fingerprint density at radius 1 is 0.407 bits per heavy atom. The van der Waals surface area contributed by atoms with Gasteiger partial charge in [-0.25, -0.2) is 4.98 Å². The lowest BCUT2D eigenvalue weighted by atomic mass is 9.90. The molecule has 0 saturated heterocycles. The quantitative estimate of drug-likeness (QED) is 0.162. The smallest absolute Gasteiger partial charge is 0.0893 e. The van der Waals surface area contributed by atoms with Gasteiger partial charge >= 0.3 is 0 Å². The summed E-state index contributed by atoms with van der Waals surface area (Å²) in [5.74, 6) is 0. The number of nitrogens with zero attached hydrogens (tertiary/aromatic N) is 6. The molecule has 0 radical (unpaired) electrons. The van der Waals surface area contributed by atoms with Crippen molar-refractivity contribution >= 4 is 38.0 Å². The van der Waals surface area contributed by atoms with Crippen molar-refractivity contribution in [1.29, 1.82) is 0 Å². The third-order valence-corrected chi connectivity index (χ3v) is 10.0. The second-order valence-corrected chi connectivity index (χ2v) is 13.3. The fourth-order valence-corrected chi connectivity index (χ4v) is 7.34. The molecule has 0 aliphatic carbocycles. The lowest BCUT2D eigenvalue weighted by Gasteiger charge is -2.36. The van der Waals surface area contributed by atoms with E-state index < -0.39 is 0 Å². The highest BCUT2D eigenvalue weighted by Crippen LogP contribution is 2.41. The van der Waals surface area contributed by atoms with Crippen LogP contribution in [0.5, 0.6) is 0 Å². The van der Waals surface area contributed by atoms with Gasteiger partial charge in [0, 0.05) is 47.2 Å². The lowest BCUT2D eigenvalue weighted by molar-refractivity contribution is 1.03. The molecule has 6 nitrogen and oxygen atoms in total. The minimum atomic E-state index is -0.147. The average molecular weight is 692 g/mol. The molecule has 1 unspecified atom stereocenters. The Kier molecular flexibility index (Phi) is 7.77. The summed E-state index contributed by atoms with van der Waals surface area (Å²) < 4.78 is 0. The summed E-state index contributed by atoms with van der Waals surface area (Å²) in [7, 11) is 0. The van der Waals surface area contributed by atoms with Crippen LogP contribution in [0.4, 0.5) is 0 Å². The molecule has 9 aromatic rings. The molecule has 0 fully saturated rings. The zero-order chi connectivity index (χ0) is 35.8. The zero-order valence-electron chi connectivity index (χ0n) is 29.1. The van der Waals surface area contributed by atoms with Gasteiger partial charge in [0.2, 0.25) is 0 Å². The Bertz CT molecular complexity index is 2880. The van der Waals surface area contributed by atoms with Crippen molar-refractivity contribution < 1.29 is 0 Å². The van der Waals surface area contributed by atoms with Crippen molar-refractivity contribution in [1.82, 2.24) is 24.9 Å². The van der Waals surface area contributed by atoms with Crippen molar-refractivity contribution in [3.05, 3.63) is 199 Å². The van der Waals surface area contributed by atoms with Crippen LogP contribution in [0.3, 0.4) is 0 Å². The highest BCUT2D eigenvalue weighted by Gasteiger charge is 2.14. The van der Waals surface area contributed by atoms with E-state index in [9.17, 15) is 0 Å². The number of hydrogen-bond acceptors (Lipinski definition) is 5. The molecule has 54 heavy (non-hydrogen) atoms. The van der Waals surface area contributed by atoms with Gasteiger partial charge in [-0.2, -0.15) is 0 Å². The number of allylic oxidation sites excluding steroid dienone is 2. The molecule has 254 valence electrons. The molecule has 1 atom stereocenters. The molecule has 4 aromatic carbocycles.